The maximum Gasteiger partial charge on any atom is 0.295 e. The quantitative estimate of drug-likeness (QED) is 0.422. The molecule has 0 heterocycles. The van der Waals surface area contributed by atoms with E-state index in [1.807, 2.05) is 19.6 Å². The number of carbonyl (C=O) groups excluding carboxylic acids is 1. The molecule has 0 aromatic carbocycles. The molecular weight excluding hydrogens is 214 g/mol. The van der Waals surface area contributed by atoms with Crippen molar-refractivity contribution in [3.05, 3.63) is 10.1 Å². The van der Waals surface area contributed by atoms with Gasteiger partial charge in [0.25, 0.3) is 5.97 Å². The summed E-state index contributed by atoms with van der Waals surface area (Å²) in [6.45, 7) is 5.81. The van der Waals surface area contributed by atoms with Crippen LogP contribution in [0.3, 0.4) is 0 Å². The van der Waals surface area contributed by atoms with Gasteiger partial charge in [0, 0.05) is 17.8 Å². The van der Waals surface area contributed by atoms with Gasteiger partial charge < -0.3 is 4.43 Å². The molecule has 0 aliphatic heterocycles. The van der Waals surface area contributed by atoms with E-state index >= 15 is 0 Å². The molecule has 6 heteroatoms. The van der Waals surface area contributed by atoms with Crippen LogP contribution in [-0.4, -0.2) is 25.3 Å². The molecule has 86 valence electrons. The predicted molar refractivity (Wildman–Crippen MR) is 57.6 cm³/mol. The summed E-state index contributed by atoms with van der Waals surface area (Å²) in [5.41, 5.74) is 0. The molecule has 0 N–H and O–H groups in total. The van der Waals surface area contributed by atoms with Crippen molar-refractivity contribution in [3.8, 4) is 0 Å². The van der Waals surface area contributed by atoms with Crippen LogP contribution >= 0.6 is 0 Å². The summed E-state index contributed by atoms with van der Waals surface area (Å²) in [5, 5.41) is 10.5. The van der Waals surface area contributed by atoms with Crippen molar-refractivity contribution < 1.29 is 14.1 Å². The zero-order valence-electron chi connectivity index (χ0n) is 9.36. The summed E-state index contributed by atoms with van der Waals surface area (Å²) >= 11 is 0. The number of rotatable bonds is 3. The lowest BCUT2D eigenvalue weighted by Gasteiger charge is -2.19. The van der Waals surface area contributed by atoms with Crippen LogP contribution in [0, 0.1) is 16.0 Å². The molecule has 1 aliphatic carbocycles. The van der Waals surface area contributed by atoms with Gasteiger partial charge in [-0.15, -0.1) is 0 Å². The topological polar surface area (TPSA) is 69.4 Å². The van der Waals surface area contributed by atoms with E-state index < -0.39 is 14.4 Å². The Hall–Kier alpha value is -0.913. The molecule has 0 saturated heterocycles. The molecule has 1 rings (SSSR count). The Morgan fingerprint density at radius 1 is 1.40 bits per heavy atom. The van der Waals surface area contributed by atoms with E-state index in [1.54, 1.807) is 0 Å². The fourth-order valence-corrected chi connectivity index (χ4v) is 2.52. The van der Waals surface area contributed by atoms with Crippen molar-refractivity contribution in [2.24, 2.45) is 5.92 Å². The van der Waals surface area contributed by atoms with Crippen LogP contribution in [0.15, 0.2) is 0 Å². The molecule has 1 fully saturated rings. The number of nitrogens with zero attached hydrogens (tertiary/aromatic N) is 1. The van der Waals surface area contributed by atoms with Gasteiger partial charge in [-0.3, -0.25) is 14.9 Å². The second kappa shape index (κ2) is 4.30. The second-order valence-electron chi connectivity index (χ2n) is 4.98. The average Bonchev–Trinajstić information content (AvgIpc) is 2.47. The van der Waals surface area contributed by atoms with Crippen LogP contribution in [0.25, 0.3) is 0 Å². The maximum absolute atomic E-state index is 11.6. The van der Waals surface area contributed by atoms with Crippen LogP contribution in [-0.2, 0) is 9.22 Å². The second-order valence-corrected chi connectivity index (χ2v) is 9.41. The van der Waals surface area contributed by atoms with Gasteiger partial charge in [0.05, 0.1) is 5.92 Å². The van der Waals surface area contributed by atoms with Gasteiger partial charge in [-0.2, -0.15) is 0 Å². The lowest BCUT2D eigenvalue weighted by Crippen LogP contribution is -2.32. The van der Waals surface area contributed by atoms with Gasteiger partial charge in [0.2, 0.25) is 14.4 Å². The van der Waals surface area contributed by atoms with Crippen molar-refractivity contribution >= 4 is 14.3 Å². The number of carbonyl (C=O) groups is 1. The Morgan fingerprint density at radius 3 is 2.40 bits per heavy atom. The van der Waals surface area contributed by atoms with Crippen molar-refractivity contribution in [3.63, 3.8) is 0 Å². The predicted octanol–water partition coefficient (Wildman–Crippen LogP) is 1.81. The van der Waals surface area contributed by atoms with Crippen LogP contribution in [0.4, 0.5) is 0 Å². The molecule has 1 aliphatic rings. The smallest absolute Gasteiger partial charge is 0.295 e. The average molecular weight is 231 g/mol. The van der Waals surface area contributed by atoms with Crippen molar-refractivity contribution in [1.82, 2.24) is 0 Å². The first-order chi connectivity index (χ1) is 6.79. The molecule has 0 bridgehead atoms. The van der Waals surface area contributed by atoms with Crippen molar-refractivity contribution in [1.29, 1.82) is 0 Å². The number of hydrogen-bond donors (Lipinski definition) is 0. The van der Waals surface area contributed by atoms with Gasteiger partial charge in [-0.25, -0.2) is 0 Å². The van der Waals surface area contributed by atoms with E-state index in [0.717, 1.165) is 0 Å². The van der Waals surface area contributed by atoms with Gasteiger partial charge in [-0.1, -0.05) is 0 Å². The van der Waals surface area contributed by atoms with E-state index in [1.165, 1.54) is 0 Å². The summed E-state index contributed by atoms with van der Waals surface area (Å²) in [7, 11) is -1.86. The standard InChI is InChI=1S/C9H17NO4Si/c1-15(2,3)14-9(11)7-4-5-8(6-7)10(12)13/h7-8H,4-6H2,1-3H3. The van der Waals surface area contributed by atoms with E-state index in [0.29, 0.717) is 19.3 Å². The third kappa shape index (κ3) is 3.62. The minimum Gasteiger partial charge on any atom is -0.520 e. The lowest BCUT2D eigenvalue weighted by molar-refractivity contribution is -0.520. The minimum absolute atomic E-state index is 0.237. The normalized spacial score (nSPS) is 26.3. The largest absolute Gasteiger partial charge is 0.520 e. The molecule has 2 atom stereocenters. The first-order valence-electron chi connectivity index (χ1n) is 5.16. The summed E-state index contributed by atoms with van der Waals surface area (Å²) < 4.78 is 5.33. The highest BCUT2D eigenvalue weighted by atomic mass is 28.4. The fraction of sp³-hybridized carbons (Fsp3) is 0.889. The molecule has 2 unspecified atom stereocenters. The van der Waals surface area contributed by atoms with Gasteiger partial charge in [0.1, 0.15) is 0 Å². The van der Waals surface area contributed by atoms with Crippen LogP contribution < -0.4 is 0 Å². The summed E-state index contributed by atoms with van der Waals surface area (Å²) in [4.78, 5) is 21.8. The van der Waals surface area contributed by atoms with Crippen LogP contribution in [0.5, 0.6) is 0 Å². The highest BCUT2D eigenvalue weighted by Gasteiger charge is 2.38. The third-order valence-corrected chi connectivity index (χ3v) is 3.26. The molecule has 1 saturated carbocycles. The number of nitro groups is 1. The molecule has 0 amide bonds. The number of hydrogen-bond acceptors (Lipinski definition) is 4. The Labute approximate surface area is 90.1 Å². The van der Waals surface area contributed by atoms with Crippen LogP contribution in [0.1, 0.15) is 19.3 Å². The minimum atomic E-state index is -1.86. The van der Waals surface area contributed by atoms with Crippen molar-refractivity contribution in [2.75, 3.05) is 0 Å². The molecule has 0 radical (unpaired) electrons. The van der Waals surface area contributed by atoms with Gasteiger partial charge in [0.15, 0.2) is 0 Å². The van der Waals surface area contributed by atoms with E-state index in [9.17, 15) is 14.9 Å². The lowest BCUT2D eigenvalue weighted by atomic mass is 10.1. The molecular formula is C9H17NO4Si. The van der Waals surface area contributed by atoms with E-state index in [4.69, 9.17) is 4.43 Å². The fourth-order valence-electron chi connectivity index (χ4n) is 1.75. The monoisotopic (exact) mass is 231 g/mol. The zero-order valence-corrected chi connectivity index (χ0v) is 10.4. The summed E-state index contributed by atoms with van der Waals surface area (Å²) in [6.07, 6.45) is 1.43. The van der Waals surface area contributed by atoms with E-state index in [-0.39, 0.29) is 16.8 Å². The highest BCUT2D eigenvalue weighted by Crippen LogP contribution is 2.29. The first-order valence-corrected chi connectivity index (χ1v) is 8.57. The first kappa shape index (κ1) is 12.2. The van der Waals surface area contributed by atoms with Crippen LogP contribution in [0.2, 0.25) is 19.6 Å². The van der Waals surface area contributed by atoms with E-state index in [2.05, 4.69) is 0 Å². The Balaban J connectivity index is 2.47. The molecule has 15 heavy (non-hydrogen) atoms. The summed E-state index contributed by atoms with van der Waals surface area (Å²) in [5.74, 6) is -0.495. The Morgan fingerprint density at radius 2 is 2.00 bits per heavy atom. The highest BCUT2D eigenvalue weighted by molar-refractivity contribution is 6.71. The Kier molecular flexibility index (Phi) is 3.49. The molecule has 0 aromatic rings. The zero-order chi connectivity index (χ0) is 11.6. The molecule has 5 nitrogen and oxygen atoms in total. The third-order valence-electron chi connectivity index (χ3n) is 2.44. The van der Waals surface area contributed by atoms with Gasteiger partial charge >= 0.3 is 0 Å². The molecule has 0 spiro atoms. The maximum atomic E-state index is 11.6. The summed E-state index contributed by atoms with van der Waals surface area (Å²) in [6, 6.07) is -0.552. The SMILES string of the molecule is C[Si](C)(C)OC(=O)C1CCC([N+](=O)[O-])C1. The molecule has 0 aromatic heterocycles. The van der Waals surface area contributed by atoms with Gasteiger partial charge in [-0.05, 0) is 26.1 Å². The Bertz CT molecular complexity index is 274. The van der Waals surface area contributed by atoms with Crippen molar-refractivity contribution in [2.45, 2.75) is 44.9 Å².